The minimum Gasteiger partial charge on any atom is -0.497 e. The van der Waals surface area contributed by atoms with E-state index in [2.05, 4.69) is 5.32 Å². The topological polar surface area (TPSA) is 84.9 Å². The van der Waals surface area contributed by atoms with Crippen LogP contribution in [0.2, 0.25) is 0 Å². The largest absolute Gasteiger partial charge is 0.497 e. The number of rotatable bonds is 11. The summed E-state index contributed by atoms with van der Waals surface area (Å²) in [6.45, 7) is 5.99. The first-order valence-electron chi connectivity index (χ1n) is 10.3. The van der Waals surface area contributed by atoms with Gasteiger partial charge in [-0.25, -0.2) is 8.42 Å². The summed E-state index contributed by atoms with van der Waals surface area (Å²) >= 11 is 0. The zero-order valence-corrected chi connectivity index (χ0v) is 19.6. The molecular weight excluding hydrogens is 416 g/mol. The molecule has 1 N–H and O–H groups in total. The molecule has 170 valence electrons. The van der Waals surface area contributed by atoms with Gasteiger partial charge in [-0.2, -0.15) is 0 Å². The molecule has 0 aliphatic rings. The van der Waals surface area contributed by atoms with Gasteiger partial charge in [0.1, 0.15) is 17.5 Å². The number of carbonyl (C=O) groups excluding carboxylic acids is 1. The van der Waals surface area contributed by atoms with E-state index in [1.807, 2.05) is 38.1 Å². The number of methoxy groups -OCH3 is 1. The molecule has 31 heavy (non-hydrogen) atoms. The summed E-state index contributed by atoms with van der Waals surface area (Å²) in [6.07, 6.45) is 2.75. The van der Waals surface area contributed by atoms with Crippen molar-refractivity contribution in [3.63, 3.8) is 0 Å². The van der Waals surface area contributed by atoms with E-state index < -0.39 is 16.1 Å². The summed E-state index contributed by atoms with van der Waals surface area (Å²) in [4.78, 5) is 12.7. The van der Waals surface area contributed by atoms with Gasteiger partial charge in [0.25, 0.3) is 0 Å². The van der Waals surface area contributed by atoms with Gasteiger partial charge in [-0.15, -0.1) is 0 Å². The zero-order valence-electron chi connectivity index (χ0n) is 18.8. The lowest BCUT2D eigenvalue weighted by Gasteiger charge is -2.28. The van der Waals surface area contributed by atoms with Crippen molar-refractivity contribution in [2.75, 3.05) is 24.2 Å². The maximum Gasteiger partial charge on any atom is 0.243 e. The number of anilines is 1. The fourth-order valence-electron chi connectivity index (χ4n) is 3.22. The molecule has 0 unspecified atom stereocenters. The number of hydrogen-bond acceptors (Lipinski definition) is 5. The van der Waals surface area contributed by atoms with Crippen LogP contribution in [0.4, 0.5) is 5.69 Å². The Bertz CT molecular complexity index is 958. The van der Waals surface area contributed by atoms with Crippen molar-refractivity contribution in [3.05, 3.63) is 54.1 Å². The minimum atomic E-state index is -3.67. The van der Waals surface area contributed by atoms with Gasteiger partial charge >= 0.3 is 0 Å². The normalized spacial score (nSPS) is 12.3. The molecule has 0 radical (unpaired) electrons. The summed E-state index contributed by atoms with van der Waals surface area (Å²) in [5.74, 6) is 0.997. The van der Waals surface area contributed by atoms with E-state index in [0.29, 0.717) is 18.0 Å². The quantitative estimate of drug-likeness (QED) is 0.533. The van der Waals surface area contributed by atoms with E-state index in [0.717, 1.165) is 34.7 Å². The molecule has 0 aliphatic carbocycles. The Balaban J connectivity index is 1.93. The molecule has 8 heteroatoms. The van der Waals surface area contributed by atoms with Crippen LogP contribution in [0.5, 0.6) is 11.5 Å². The molecule has 2 rings (SSSR count). The van der Waals surface area contributed by atoms with Gasteiger partial charge < -0.3 is 14.8 Å². The fraction of sp³-hybridized carbons (Fsp3) is 0.435. The Labute approximate surface area is 185 Å². The van der Waals surface area contributed by atoms with Crippen LogP contribution < -0.4 is 19.1 Å². The van der Waals surface area contributed by atoms with Crippen molar-refractivity contribution in [2.45, 2.75) is 45.8 Å². The van der Waals surface area contributed by atoms with Crippen LogP contribution in [0.15, 0.2) is 48.5 Å². The first-order valence-corrected chi connectivity index (χ1v) is 12.1. The number of benzene rings is 2. The summed E-state index contributed by atoms with van der Waals surface area (Å²) in [6, 6.07) is 13.6. The van der Waals surface area contributed by atoms with E-state index in [1.54, 1.807) is 31.2 Å². The Hall–Kier alpha value is -2.74. The highest BCUT2D eigenvalue weighted by Gasteiger charge is 2.29. The van der Waals surface area contributed by atoms with Gasteiger partial charge in [-0.3, -0.25) is 9.10 Å². The molecular formula is C23H32N2O5S. The predicted molar refractivity (Wildman–Crippen MR) is 123 cm³/mol. The third kappa shape index (κ3) is 7.47. The van der Waals surface area contributed by atoms with E-state index in [9.17, 15) is 13.2 Å². The summed E-state index contributed by atoms with van der Waals surface area (Å²) in [5.41, 5.74) is 1.53. The lowest BCUT2D eigenvalue weighted by atomic mass is 10.1. The SMILES string of the molecule is COc1cccc(N([C@H](C)C(=O)NCCCc2ccc(OC(C)C)cc2)S(C)(=O)=O)c1. The maximum atomic E-state index is 12.7. The van der Waals surface area contributed by atoms with Crippen LogP contribution in [0.3, 0.4) is 0 Å². The molecule has 0 heterocycles. The number of hydrogen-bond donors (Lipinski definition) is 1. The van der Waals surface area contributed by atoms with Crippen molar-refractivity contribution >= 4 is 21.6 Å². The molecule has 1 amide bonds. The van der Waals surface area contributed by atoms with Gasteiger partial charge in [-0.05, 0) is 63.4 Å². The lowest BCUT2D eigenvalue weighted by Crippen LogP contribution is -2.48. The average Bonchev–Trinajstić information content (AvgIpc) is 2.71. The molecule has 1 atom stereocenters. The Morgan fingerprint density at radius 2 is 1.74 bits per heavy atom. The number of amides is 1. The van der Waals surface area contributed by atoms with Gasteiger partial charge in [0, 0.05) is 12.6 Å². The standard InChI is InChI=1S/C23H32N2O5S/c1-17(2)30-21-13-11-19(12-14-21)8-7-15-24-23(26)18(3)25(31(5,27)28)20-9-6-10-22(16-20)29-4/h6,9-14,16-18H,7-8,15H2,1-5H3,(H,24,26)/t18-/m1/s1. The fourth-order valence-corrected chi connectivity index (χ4v) is 4.38. The molecule has 0 fully saturated rings. The molecule has 0 aromatic heterocycles. The van der Waals surface area contributed by atoms with Crippen molar-refractivity contribution in [3.8, 4) is 11.5 Å². The van der Waals surface area contributed by atoms with Crippen LogP contribution in [-0.4, -0.2) is 46.4 Å². The van der Waals surface area contributed by atoms with Crippen LogP contribution in [0.25, 0.3) is 0 Å². The number of sulfonamides is 1. The van der Waals surface area contributed by atoms with Crippen molar-refractivity contribution < 1.29 is 22.7 Å². The van der Waals surface area contributed by atoms with Crippen LogP contribution in [0.1, 0.15) is 32.8 Å². The molecule has 2 aromatic carbocycles. The van der Waals surface area contributed by atoms with E-state index in [1.165, 1.54) is 7.11 Å². The predicted octanol–water partition coefficient (Wildman–Crippen LogP) is 3.39. The molecule has 0 saturated carbocycles. The smallest absolute Gasteiger partial charge is 0.243 e. The van der Waals surface area contributed by atoms with Gasteiger partial charge in [-0.1, -0.05) is 18.2 Å². The van der Waals surface area contributed by atoms with E-state index in [-0.39, 0.29) is 12.0 Å². The Morgan fingerprint density at radius 1 is 1.06 bits per heavy atom. The number of carbonyl (C=O) groups is 1. The number of nitrogens with one attached hydrogen (secondary N) is 1. The summed E-state index contributed by atoms with van der Waals surface area (Å²) in [7, 11) is -2.16. The highest BCUT2D eigenvalue weighted by Crippen LogP contribution is 2.25. The summed E-state index contributed by atoms with van der Waals surface area (Å²) < 4.78 is 36.7. The number of ether oxygens (including phenoxy) is 2. The molecule has 0 spiro atoms. The second-order valence-electron chi connectivity index (χ2n) is 7.64. The zero-order chi connectivity index (χ0) is 23.0. The molecule has 0 bridgehead atoms. The highest BCUT2D eigenvalue weighted by molar-refractivity contribution is 7.92. The summed E-state index contributed by atoms with van der Waals surface area (Å²) in [5, 5.41) is 2.84. The Morgan fingerprint density at radius 3 is 2.32 bits per heavy atom. The van der Waals surface area contributed by atoms with Crippen molar-refractivity contribution in [1.82, 2.24) is 5.32 Å². The van der Waals surface area contributed by atoms with Gasteiger partial charge in [0.15, 0.2) is 0 Å². The molecule has 2 aromatic rings. The second kappa shape index (κ2) is 11.0. The van der Waals surface area contributed by atoms with Crippen LogP contribution in [-0.2, 0) is 21.2 Å². The molecule has 0 aliphatic heterocycles. The first-order chi connectivity index (χ1) is 14.6. The van der Waals surface area contributed by atoms with Gasteiger partial charge in [0.2, 0.25) is 15.9 Å². The highest BCUT2D eigenvalue weighted by atomic mass is 32.2. The molecule has 0 saturated heterocycles. The third-order valence-corrected chi connectivity index (χ3v) is 5.87. The van der Waals surface area contributed by atoms with Crippen LogP contribution >= 0.6 is 0 Å². The van der Waals surface area contributed by atoms with Crippen LogP contribution in [0, 0.1) is 0 Å². The number of nitrogens with zero attached hydrogens (tertiary/aromatic N) is 1. The monoisotopic (exact) mass is 448 g/mol. The Kier molecular flexibility index (Phi) is 8.74. The third-order valence-electron chi connectivity index (χ3n) is 4.63. The second-order valence-corrected chi connectivity index (χ2v) is 9.50. The lowest BCUT2D eigenvalue weighted by molar-refractivity contribution is -0.121. The minimum absolute atomic E-state index is 0.131. The van der Waals surface area contributed by atoms with Crippen molar-refractivity contribution in [1.29, 1.82) is 0 Å². The maximum absolute atomic E-state index is 12.7. The van der Waals surface area contributed by atoms with Gasteiger partial charge in [0.05, 0.1) is 25.2 Å². The molecule has 7 nitrogen and oxygen atoms in total. The van der Waals surface area contributed by atoms with E-state index in [4.69, 9.17) is 9.47 Å². The van der Waals surface area contributed by atoms with E-state index >= 15 is 0 Å². The van der Waals surface area contributed by atoms with Crippen molar-refractivity contribution in [2.24, 2.45) is 0 Å². The first kappa shape index (κ1) is 24.5. The number of aryl methyl sites for hydroxylation is 1. The average molecular weight is 449 g/mol.